The number of carbonyl (C=O) groups is 1. The second kappa shape index (κ2) is 9.12. The number of nitrogens with one attached hydrogen (secondary N) is 2. The van der Waals surface area contributed by atoms with E-state index in [1.165, 1.54) is 18.5 Å². The van der Waals surface area contributed by atoms with Gasteiger partial charge in [-0.25, -0.2) is 8.78 Å². The van der Waals surface area contributed by atoms with Crippen LogP contribution in [0.3, 0.4) is 0 Å². The Bertz CT molecular complexity index is 931. The zero-order chi connectivity index (χ0) is 22.0. The van der Waals surface area contributed by atoms with Crippen molar-refractivity contribution in [2.45, 2.75) is 44.6 Å². The van der Waals surface area contributed by atoms with Gasteiger partial charge in [0, 0.05) is 36.5 Å². The van der Waals surface area contributed by atoms with Crippen molar-refractivity contribution in [1.82, 2.24) is 25.5 Å². The van der Waals surface area contributed by atoms with Crippen LogP contribution in [0.5, 0.6) is 0 Å². The third-order valence-electron chi connectivity index (χ3n) is 6.71. The normalized spacial score (nSPS) is 25.8. The van der Waals surface area contributed by atoms with Crippen molar-refractivity contribution in [3.63, 3.8) is 0 Å². The molecule has 2 aliphatic heterocycles. The highest BCUT2D eigenvalue weighted by atomic mass is 19.3. The van der Waals surface area contributed by atoms with Crippen molar-refractivity contribution >= 4 is 16.9 Å². The summed E-state index contributed by atoms with van der Waals surface area (Å²) in [5.74, 6) is 0.708. The number of hydrogen-bond donors (Lipinski definition) is 2. The molecule has 2 fully saturated rings. The fourth-order valence-corrected chi connectivity index (χ4v) is 5.12. The molecule has 1 amide bonds. The molecule has 4 rings (SSSR count). The van der Waals surface area contributed by atoms with Crippen LogP contribution in [-0.2, 0) is 10.3 Å². The number of halogens is 2. The topological polar surface area (TPSA) is 70.2 Å². The monoisotopic (exact) mass is 431 g/mol. The van der Waals surface area contributed by atoms with Gasteiger partial charge in [-0.05, 0) is 57.8 Å². The molecule has 2 N–H and O–H groups in total. The summed E-state index contributed by atoms with van der Waals surface area (Å²) < 4.78 is 27.1. The van der Waals surface area contributed by atoms with E-state index in [0.717, 1.165) is 44.5 Å². The Morgan fingerprint density at radius 1 is 1.26 bits per heavy atom. The molecule has 6 nitrogen and oxygen atoms in total. The van der Waals surface area contributed by atoms with Gasteiger partial charge in [-0.2, -0.15) is 0 Å². The van der Waals surface area contributed by atoms with Crippen LogP contribution in [0.25, 0.3) is 11.0 Å². The second-order valence-electron chi connectivity index (χ2n) is 9.28. The predicted molar refractivity (Wildman–Crippen MR) is 116 cm³/mol. The molecule has 0 spiro atoms. The molecule has 31 heavy (non-hydrogen) atoms. The maximum absolute atomic E-state index is 13.6. The molecule has 0 bridgehead atoms. The predicted octanol–water partition coefficient (Wildman–Crippen LogP) is 3.24. The third kappa shape index (κ3) is 4.70. The molecular weight excluding hydrogens is 400 g/mol. The first-order valence-corrected chi connectivity index (χ1v) is 11.1. The minimum atomic E-state index is -2.63. The SMILES string of the molecule is C[C@@H]1CNC[C@](NC(=O)CC2CCN(C)CC2)(c2ccc(C(F)F)c3nccnc23)C1. The van der Waals surface area contributed by atoms with E-state index < -0.39 is 12.0 Å². The van der Waals surface area contributed by atoms with Crippen molar-refractivity contribution in [2.24, 2.45) is 11.8 Å². The Morgan fingerprint density at radius 3 is 2.65 bits per heavy atom. The summed E-state index contributed by atoms with van der Waals surface area (Å²) in [6.07, 6.45) is 3.57. The number of aromatic nitrogens is 2. The quantitative estimate of drug-likeness (QED) is 0.761. The number of nitrogens with zero attached hydrogens (tertiary/aromatic N) is 3. The zero-order valence-corrected chi connectivity index (χ0v) is 18.2. The maximum Gasteiger partial charge on any atom is 0.266 e. The molecule has 1 aromatic heterocycles. The van der Waals surface area contributed by atoms with Crippen molar-refractivity contribution in [1.29, 1.82) is 0 Å². The number of piperidine rings is 2. The molecule has 0 unspecified atom stereocenters. The van der Waals surface area contributed by atoms with E-state index in [1.807, 2.05) is 0 Å². The van der Waals surface area contributed by atoms with E-state index in [2.05, 4.69) is 39.5 Å². The summed E-state index contributed by atoms with van der Waals surface area (Å²) in [6, 6.07) is 3.13. The van der Waals surface area contributed by atoms with E-state index >= 15 is 0 Å². The molecule has 2 aliphatic rings. The van der Waals surface area contributed by atoms with Crippen molar-refractivity contribution in [3.05, 3.63) is 35.7 Å². The number of fused-ring (bicyclic) bond motifs is 1. The van der Waals surface area contributed by atoms with E-state index in [-0.39, 0.29) is 17.0 Å². The largest absolute Gasteiger partial charge is 0.345 e. The van der Waals surface area contributed by atoms with Gasteiger partial charge in [-0.3, -0.25) is 14.8 Å². The minimum absolute atomic E-state index is 0.0143. The standard InChI is InChI=1S/C23H31F2N5O/c1-15-12-23(14-26-13-15,29-19(31)11-16-5-9-30(2)10-6-16)18-4-3-17(22(24)25)20-21(18)28-8-7-27-20/h3-4,7-8,15-16,22,26H,5-6,9-14H2,1-2H3,(H,29,31)/t15-,23-/m0/s1. The average molecular weight is 432 g/mol. The van der Waals surface area contributed by atoms with Crippen LogP contribution in [0.1, 0.15) is 50.2 Å². The lowest BCUT2D eigenvalue weighted by atomic mass is 9.77. The fraction of sp³-hybridized carbons (Fsp3) is 0.609. The summed E-state index contributed by atoms with van der Waals surface area (Å²) >= 11 is 0. The summed E-state index contributed by atoms with van der Waals surface area (Å²) in [4.78, 5) is 24.1. The number of rotatable bonds is 5. The fourth-order valence-electron chi connectivity index (χ4n) is 5.12. The van der Waals surface area contributed by atoms with Gasteiger partial charge in [0.15, 0.2) is 0 Å². The molecule has 0 radical (unpaired) electrons. The first-order chi connectivity index (χ1) is 14.9. The Morgan fingerprint density at radius 2 is 1.97 bits per heavy atom. The van der Waals surface area contributed by atoms with Gasteiger partial charge >= 0.3 is 0 Å². The lowest BCUT2D eigenvalue weighted by Gasteiger charge is -2.42. The van der Waals surface area contributed by atoms with Crippen LogP contribution in [0.2, 0.25) is 0 Å². The van der Waals surface area contributed by atoms with Crippen LogP contribution < -0.4 is 10.6 Å². The molecule has 0 saturated carbocycles. The average Bonchev–Trinajstić information content (AvgIpc) is 2.74. The summed E-state index contributed by atoms with van der Waals surface area (Å²) in [6.45, 7) is 5.54. The highest BCUT2D eigenvalue weighted by Gasteiger charge is 2.40. The Kier molecular flexibility index (Phi) is 6.48. The van der Waals surface area contributed by atoms with Gasteiger partial charge in [0.05, 0.1) is 16.6 Å². The first-order valence-electron chi connectivity index (χ1n) is 11.1. The van der Waals surface area contributed by atoms with E-state index in [0.29, 0.717) is 30.3 Å². The Labute approximate surface area is 181 Å². The lowest BCUT2D eigenvalue weighted by molar-refractivity contribution is -0.124. The van der Waals surface area contributed by atoms with Crippen LogP contribution in [0.15, 0.2) is 24.5 Å². The first kappa shape index (κ1) is 22.0. The van der Waals surface area contributed by atoms with Crippen LogP contribution in [0, 0.1) is 11.8 Å². The molecule has 168 valence electrons. The van der Waals surface area contributed by atoms with Crippen LogP contribution in [0.4, 0.5) is 8.78 Å². The Balaban J connectivity index is 1.67. The zero-order valence-electron chi connectivity index (χ0n) is 18.2. The number of likely N-dealkylation sites (tertiary alicyclic amines) is 1. The highest BCUT2D eigenvalue weighted by Crippen LogP contribution is 2.37. The van der Waals surface area contributed by atoms with Crippen LogP contribution in [-0.4, -0.2) is 54.0 Å². The molecule has 0 aliphatic carbocycles. The van der Waals surface area contributed by atoms with E-state index in [9.17, 15) is 13.6 Å². The molecular formula is C23H31F2N5O. The van der Waals surface area contributed by atoms with Gasteiger partial charge in [-0.15, -0.1) is 0 Å². The number of carbonyl (C=O) groups excluding carboxylic acids is 1. The van der Waals surface area contributed by atoms with Gasteiger partial charge in [0.1, 0.15) is 0 Å². The van der Waals surface area contributed by atoms with Gasteiger partial charge in [-0.1, -0.05) is 19.1 Å². The molecule has 2 aromatic rings. The Hall–Kier alpha value is -2.19. The summed E-state index contributed by atoms with van der Waals surface area (Å²) in [7, 11) is 2.11. The molecule has 2 saturated heterocycles. The van der Waals surface area contributed by atoms with E-state index in [1.54, 1.807) is 6.07 Å². The number of benzene rings is 1. The maximum atomic E-state index is 13.6. The van der Waals surface area contributed by atoms with Crippen molar-refractivity contribution in [2.75, 3.05) is 33.2 Å². The number of alkyl halides is 2. The summed E-state index contributed by atoms with van der Waals surface area (Å²) in [5.41, 5.74) is 0.579. The third-order valence-corrected chi connectivity index (χ3v) is 6.71. The second-order valence-corrected chi connectivity index (χ2v) is 9.28. The molecule has 2 atom stereocenters. The van der Waals surface area contributed by atoms with E-state index in [4.69, 9.17) is 0 Å². The smallest absolute Gasteiger partial charge is 0.266 e. The van der Waals surface area contributed by atoms with Crippen LogP contribution >= 0.6 is 0 Å². The van der Waals surface area contributed by atoms with Crippen molar-refractivity contribution < 1.29 is 13.6 Å². The van der Waals surface area contributed by atoms with Gasteiger partial charge < -0.3 is 15.5 Å². The minimum Gasteiger partial charge on any atom is -0.345 e. The number of hydrogen-bond acceptors (Lipinski definition) is 5. The number of amides is 1. The lowest BCUT2D eigenvalue weighted by Crippen LogP contribution is -2.57. The summed E-state index contributed by atoms with van der Waals surface area (Å²) in [5, 5.41) is 6.73. The molecule has 3 heterocycles. The molecule has 1 aromatic carbocycles. The molecule has 8 heteroatoms. The van der Waals surface area contributed by atoms with Gasteiger partial charge in [0.25, 0.3) is 6.43 Å². The van der Waals surface area contributed by atoms with Gasteiger partial charge in [0.2, 0.25) is 5.91 Å². The van der Waals surface area contributed by atoms with Crippen molar-refractivity contribution in [3.8, 4) is 0 Å². The highest BCUT2D eigenvalue weighted by molar-refractivity contribution is 5.84.